The largest absolute Gasteiger partial charge is 0.503 e. The van der Waals surface area contributed by atoms with Gasteiger partial charge >= 0.3 is 5.97 Å². The van der Waals surface area contributed by atoms with E-state index in [1.54, 1.807) is 0 Å². The van der Waals surface area contributed by atoms with Gasteiger partial charge in [-0.05, 0) is 16.7 Å². The number of esters is 1. The van der Waals surface area contributed by atoms with Crippen molar-refractivity contribution in [1.29, 1.82) is 0 Å². The van der Waals surface area contributed by atoms with Crippen molar-refractivity contribution < 1.29 is 14.3 Å². The Kier molecular flexibility index (Phi) is 5.55. The monoisotopic (exact) mass is 294 g/mol. The molecule has 0 aliphatic carbocycles. The summed E-state index contributed by atoms with van der Waals surface area (Å²) in [6.07, 6.45) is 5.37. The van der Waals surface area contributed by atoms with E-state index in [2.05, 4.69) is 0 Å². The van der Waals surface area contributed by atoms with Crippen LogP contribution < -0.4 is 0 Å². The maximum atomic E-state index is 11.9. The lowest BCUT2D eigenvalue weighted by Gasteiger charge is -2.09. The Morgan fingerprint density at radius 3 is 2.27 bits per heavy atom. The number of carbonyl (C=O) groups excluding carboxylic acids is 1. The first-order chi connectivity index (χ1) is 10.8. The molecule has 0 aliphatic rings. The zero-order valence-corrected chi connectivity index (χ0v) is 12.7. The van der Waals surface area contributed by atoms with Crippen LogP contribution in [0.3, 0.4) is 0 Å². The van der Waals surface area contributed by atoms with E-state index < -0.39 is 5.97 Å². The van der Waals surface area contributed by atoms with Crippen molar-refractivity contribution in [3.63, 3.8) is 0 Å². The fourth-order valence-corrected chi connectivity index (χ4v) is 2.09. The molecule has 0 amide bonds. The number of rotatable bonds is 5. The molecule has 0 spiro atoms. The highest BCUT2D eigenvalue weighted by Gasteiger charge is 2.15. The van der Waals surface area contributed by atoms with E-state index in [0.29, 0.717) is 5.57 Å². The van der Waals surface area contributed by atoms with Crippen LogP contribution in [-0.4, -0.2) is 20.2 Å². The summed E-state index contributed by atoms with van der Waals surface area (Å²) in [4.78, 5) is 11.9. The van der Waals surface area contributed by atoms with Crippen LogP contribution in [0.4, 0.5) is 0 Å². The molecule has 0 bridgehead atoms. The number of benzene rings is 2. The molecule has 3 heteroatoms. The van der Waals surface area contributed by atoms with Crippen molar-refractivity contribution in [2.75, 3.05) is 14.2 Å². The maximum Gasteiger partial charge on any atom is 0.341 e. The lowest BCUT2D eigenvalue weighted by Crippen LogP contribution is -2.05. The number of hydrogen-bond acceptors (Lipinski definition) is 3. The van der Waals surface area contributed by atoms with Crippen molar-refractivity contribution in [3.05, 3.63) is 77.5 Å². The molecule has 112 valence electrons. The van der Waals surface area contributed by atoms with Crippen LogP contribution in [0.15, 0.2) is 60.9 Å². The van der Waals surface area contributed by atoms with Gasteiger partial charge in [-0.3, -0.25) is 0 Å². The highest BCUT2D eigenvalue weighted by Crippen LogP contribution is 2.22. The van der Waals surface area contributed by atoms with Gasteiger partial charge in [0.05, 0.1) is 20.5 Å². The molecule has 2 rings (SSSR count). The molecule has 0 saturated carbocycles. The van der Waals surface area contributed by atoms with Gasteiger partial charge in [0.15, 0.2) is 0 Å². The van der Waals surface area contributed by atoms with E-state index in [-0.39, 0.29) is 0 Å². The van der Waals surface area contributed by atoms with Gasteiger partial charge in [-0.15, -0.1) is 0 Å². The van der Waals surface area contributed by atoms with Crippen LogP contribution in [0.1, 0.15) is 16.7 Å². The standard InChI is InChI=1S/C19H18O3/c1-21-14-18(19(20)22-2)17-11-7-6-10-16(17)13-12-15-8-4-3-5-9-15/h3-14H,1-2H3. The minimum Gasteiger partial charge on any atom is -0.503 e. The summed E-state index contributed by atoms with van der Waals surface area (Å²) in [6.45, 7) is 0. The molecular formula is C19H18O3. The van der Waals surface area contributed by atoms with E-state index in [1.165, 1.54) is 20.5 Å². The molecular weight excluding hydrogens is 276 g/mol. The Morgan fingerprint density at radius 2 is 1.59 bits per heavy atom. The molecule has 0 aromatic heterocycles. The first-order valence-electron chi connectivity index (χ1n) is 6.90. The van der Waals surface area contributed by atoms with Gasteiger partial charge in [0, 0.05) is 0 Å². The Morgan fingerprint density at radius 1 is 0.909 bits per heavy atom. The predicted molar refractivity (Wildman–Crippen MR) is 88.8 cm³/mol. The second-order valence-electron chi connectivity index (χ2n) is 4.59. The van der Waals surface area contributed by atoms with Gasteiger partial charge in [-0.2, -0.15) is 0 Å². The molecule has 0 atom stereocenters. The zero-order valence-electron chi connectivity index (χ0n) is 12.7. The number of methoxy groups -OCH3 is 2. The second kappa shape index (κ2) is 7.84. The summed E-state index contributed by atoms with van der Waals surface area (Å²) in [6, 6.07) is 17.6. The van der Waals surface area contributed by atoms with Crippen molar-refractivity contribution >= 4 is 23.7 Å². The molecule has 0 aliphatic heterocycles. The third kappa shape index (κ3) is 3.85. The normalized spacial score (nSPS) is 11.5. The third-order valence-corrected chi connectivity index (χ3v) is 3.15. The average Bonchev–Trinajstić information content (AvgIpc) is 2.58. The van der Waals surface area contributed by atoms with Crippen LogP contribution >= 0.6 is 0 Å². The fourth-order valence-electron chi connectivity index (χ4n) is 2.09. The smallest absolute Gasteiger partial charge is 0.341 e. The summed E-state index contributed by atoms with van der Waals surface area (Å²) in [5.74, 6) is -0.428. The van der Waals surface area contributed by atoms with Crippen molar-refractivity contribution in [3.8, 4) is 0 Å². The van der Waals surface area contributed by atoms with Crippen molar-refractivity contribution in [2.45, 2.75) is 0 Å². The molecule has 0 unspecified atom stereocenters. The fraction of sp³-hybridized carbons (Fsp3) is 0.105. The first-order valence-corrected chi connectivity index (χ1v) is 6.90. The summed E-state index contributed by atoms with van der Waals surface area (Å²) in [7, 11) is 2.86. The van der Waals surface area contributed by atoms with Gasteiger partial charge in [0.2, 0.25) is 0 Å². The Balaban J connectivity index is 2.40. The minimum absolute atomic E-state index is 0.387. The molecule has 22 heavy (non-hydrogen) atoms. The molecule has 0 heterocycles. The van der Waals surface area contributed by atoms with Crippen LogP contribution in [0.2, 0.25) is 0 Å². The third-order valence-electron chi connectivity index (χ3n) is 3.15. The summed E-state index contributed by atoms with van der Waals surface area (Å²) >= 11 is 0. The molecule has 3 nitrogen and oxygen atoms in total. The molecule has 2 aromatic rings. The summed E-state index contributed by atoms with van der Waals surface area (Å²) in [5, 5.41) is 0. The lowest BCUT2D eigenvalue weighted by molar-refractivity contribution is -0.133. The zero-order chi connectivity index (χ0) is 15.8. The van der Waals surface area contributed by atoms with Crippen LogP contribution in [0, 0.1) is 0 Å². The highest BCUT2D eigenvalue weighted by atomic mass is 16.5. The SMILES string of the molecule is COC=C(C(=O)OC)c1ccccc1C=Cc1ccccc1. The van der Waals surface area contributed by atoms with Crippen LogP contribution in [-0.2, 0) is 14.3 Å². The highest BCUT2D eigenvalue weighted by molar-refractivity contribution is 6.17. The quantitative estimate of drug-likeness (QED) is 0.362. The number of carbonyl (C=O) groups is 1. The average molecular weight is 294 g/mol. The number of ether oxygens (including phenoxy) is 2. The van der Waals surface area contributed by atoms with Gasteiger partial charge < -0.3 is 9.47 Å². The van der Waals surface area contributed by atoms with Gasteiger partial charge in [0.25, 0.3) is 0 Å². The van der Waals surface area contributed by atoms with Gasteiger partial charge in [0.1, 0.15) is 5.57 Å². The molecule has 0 fully saturated rings. The van der Waals surface area contributed by atoms with Gasteiger partial charge in [-0.1, -0.05) is 66.7 Å². The van der Waals surface area contributed by atoms with Crippen LogP contribution in [0.25, 0.3) is 17.7 Å². The number of hydrogen-bond donors (Lipinski definition) is 0. The summed E-state index contributed by atoms with van der Waals surface area (Å²) in [5.41, 5.74) is 3.16. The van der Waals surface area contributed by atoms with Gasteiger partial charge in [-0.25, -0.2) is 4.79 Å². The lowest BCUT2D eigenvalue weighted by atomic mass is 9.99. The van der Waals surface area contributed by atoms with E-state index in [4.69, 9.17) is 9.47 Å². The Bertz CT molecular complexity index is 685. The Hall–Kier alpha value is -2.81. The minimum atomic E-state index is -0.428. The Labute approximate surface area is 130 Å². The second-order valence-corrected chi connectivity index (χ2v) is 4.59. The molecule has 2 aromatic carbocycles. The molecule has 0 saturated heterocycles. The van der Waals surface area contributed by atoms with Crippen molar-refractivity contribution in [2.24, 2.45) is 0 Å². The maximum absolute atomic E-state index is 11.9. The van der Waals surface area contributed by atoms with E-state index >= 15 is 0 Å². The van der Waals surface area contributed by atoms with E-state index in [9.17, 15) is 4.79 Å². The topological polar surface area (TPSA) is 35.5 Å². The predicted octanol–water partition coefficient (Wildman–Crippen LogP) is 4.02. The summed E-state index contributed by atoms with van der Waals surface area (Å²) < 4.78 is 9.84. The van der Waals surface area contributed by atoms with Crippen molar-refractivity contribution in [1.82, 2.24) is 0 Å². The first kappa shape index (κ1) is 15.6. The van der Waals surface area contributed by atoms with E-state index in [0.717, 1.165) is 16.7 Å². The molecule has 0 N–H and O–H groups in total. The van der Waals surface area contributed by atoms with Crippen LogP contribution in [0.5, 0.6) is 0 Å². The molecule has 0 radical (unpaired) electrons. The van der Waals surface area contributed by atoms with E-state index in [1.807, 2.05) is 66.7 Å².